The molecule has 1 aromatic carbocycles. The fourth-order valence-corrected chi connectivity index (χ4v) is 3.60. The summed E-state index contributed by atoms with van der Waals surface area (Å²) in [7, 11) is 1.63. The van der Waals surface area contributed by atoms with Crippen LogP contribution in [0.25, 0.3) is 0 Å². The molecule has 2 aliphatic heterocycles. The van der Waals surface area contributed by atoms with Gasteiger partial charge in [0.05, 0.1) is 18.9 Å². The summed E-state index contributed by atoms with van der Waals surface area (Å²) in [6, 6.07) is 5.82. The van der Waals surface area contributed by atoms with Crippen molar-refractivity contribution in [2.45, 2.75) is 26.3 Å². The lowest BCUT2D eigenvalue weighted by Crippen LogP contribution is -2.43. The Balaban J connectivity index is 1.69. The van der Waals surface area contributed by atoms with Gasteiger partial charge in [0.25, 0.3) is 5.91 Å². The van der Waals surface area contributed by atoms with Crippen LogP contribution < -0.4 is 15.8 Å². The van der Waals surface area contributed by atoms with Gasteiger partial charge in [0.2, 0.25) is 0 Å². The van der Waals surface area contributed by atoms with Gasteiger partial charge in [-0.2, -0.15) is 10.2 Å². The van der Waals surface area contributed by atoms with Gasteiger partial charge in [-0.3, -0.25) is 9.63 Å². The zero-order valence-electron chi connectivity index (χ0n) is 15.8. The molecule has 144 valence electrons. The third-order valence-corrected chi connectivity index (χ3v) is 4.93. The van der Waals surface area contributed by atoms with E-state index < -0.39 is 0 Å². The van der Waals surface area contributed by atoms with Crippen molar-refractivity contribution in [1.29, 1.82) is 0 Å². The van der Waals surface area contributed by atoms with Crippen LogP contribution in [-0.2, 0) is 16.1 Å². The van der Waals surface area contributed by atoms with E-state index in [1.54, 1.807) is 7.11 Å². The van der Waals surface area contributed by atoms with E-state index in [1.807, 2.05) is 30.3 Å². The minimum absolute atomic E-state index is 0.0652. The number of methoxy groups -OCH3 is 1. The maximum absolute atomic E-state index is 12.3. The smallest absolute Gasteiger partial charge is 0.251 e. The van der Waals surface area contributed by atoms with E-state index in [-0.39, 0.29) is 5.91 Å². The molecule has 0 aliphatic carbocycles. The monoisotopic (exact) mass is 362 g/mol. The predicted molar refractivity (Wildman–Crippen MR) is 101 cm³/mol. The van der Waals surface area contributed by atoms with Crippen molar-refractivity contribution >= 4 is 11.6 Å². The van der Waals surface area contributed by atoms with Gasteiger partial charge in [0.1, 0.15) is 0 Å². The Morgan fingerprint density at radius 3 is 2.88 bits per heavy atom. The second kappa shape index (κ2) is 9.32. The second-order valence-electron chi connectivity index (χ2n) is 6.82. The minimum Gasteiger partial charge on any atom is -0.383 e. The molecule has 3 rings (SSSR count). The van der Waals surface area contributed by atoms with Gasteiger partial charge in [0, 0.05) is 32.3 Å². The Morgan fingerprint density at radius 2 is 2.15 bits per heavy atom. The molecule has 1 fully saturated rings. The van der Waals surface area contributed by atoms with Crippen LogP contribution in [0.5, 0.6) is 0 Å². The Kier molecular flexibility index (Phi) is 6.85. The van der Waals surface area contributed by atoms with Crippen molar-refractivity contribution in [3.8, 4) is 0 Å². The fraction of sp³-hybridized carbons (Fsp3) is 0.632. The largest absolute Gasteiger partial charge is 0.383 e. The summed E-state index contributed by atoms with van der Waals surface area (Å²) in [5.74, 6) is 0.606. The highest BCUT2D eigenvalue weighted by Crippen LogP contribution is 2.33. The highest BCUT2D eigenvalue weighted by Gasteiger charge is 2.31. The SMILES string of the molecule is CCON1c2ccc(C(=O)NCCOC)cc2CN1CC1CCNCC1. The highest BCUT2D eigenvalue weighted by atomic mass is 16.7. The molecule has 0 bridgehead atoms. The molecule has 0 unspecified atom stereocenters. The van der Waals surface area contributed by atoms with E-state index in [0.717, 1.165) is 37.4 Å². The van der Waals surface area contributed by atoms with Crippen LogP contribution in [0, 0.1) is 5.92 Å². The molecule has 2 heterocycles. The summed E-state index contributed by atoms with van der Waals surface area (Å²) in [6.07, 6.45) is 2.39. The number of hydrogen-bond acceptors (Lipinski definition) is 6. The first-order valence-corrected chi connectivity index (χ1v) is 9.51. The average molecular weight is 362 g/mol. The second-order valence-corrected chi connectivity index (χ2v) is 6.82. The molecule has 7 nitrogen and oxygen atoms in total. The number of rotatable bonds is 8. The molecule has 1 aromatic rings. The molecule has 2 aliphatic rings. The molecule has 0 saturated carbocycles. The van der Waals surface area contributed by atoms with Crippen LogP contribution in [0.3, 0.4) is 0 Å². The number of ether oxygens (including phenoxy) is 1. The van der Waals surface area contributed by atoms with Gasteiger partial charge in [-0.05, 0) is 62.5 Å². The van der Waals surface area contributed by atoms with Crippen LogP contribution in [0.1, 0.15) is 35.7 Å². The summed E-state index contributed by atoms with van der Waals surface area (Å²) < 4.78 is 4.98. The van der Waals surface area contributed by atoms with Gasteiger partial charge in [0.15, 0.2) is 0 Å². The van der Waals surface area contributed by atoms with Gasteiger partial charge >= 0.3 is 0 Å². The lowest BCUT2D eigenvalue weighted by atomic mass is 9.98. The maximum Gasteiger partial charge on any atom is 0.251 e. The number of carbonyl (C=O) groups is 1. The van der Waals surface area contributed by atoms with Crippen molar-refractivity contribution in [3.05, 3.63) is 29.3 Å². The zero-order chi connectivity index (χ0) is 18.4. The Hall–Kier alpha value is -1.67. The summed E-state index contributed by atoms with van der Waals surface area (Å²) >= 11 is 0. The first-order valence-electron chi connectivity index (χ1n) is 9.51. The Morgan fingerprint density at radius 1 is 1.35 bits per heavy atom. The molecule has 2 N–H and O–H groups in total. The van der Waals surface area contributed by atoms with Gasteiger partial charge < -0.3 is 15.4 Å². The van der Waals surface area contributed by atoms with E-state index in [9.17, 15) is 4.79 Å². The number of fused-ring (bicyclic) bond motifs is 1. The summed E-state index contributed by atoms with van der Waals surface area (Å²) in [4.78, 5) is 18.2. The third-order valence-electron chi connectivity index (χ3n) is 4.93. The number of amides is 1. The number of anilines is 1. The molecule has 0 atom stereocenters. The lowest BCUT2D eigenvalue weighted by Gasteiger charge is -2.33. The van der Waals surface area contributed by atoms with Crippen LogP contribution in [0.4, 0.5) is 5.69 Å². The number of hydrogen-bond donors (Lipinski definition) is 2. The van der Waals surface area contributed by atoms with E-state index >= 15 is 0 Å². The van der Waals surface area contributed by atoms with E-state index in [2.05, 4.69) is 15.6 Å². The zero-order valence-corrected chi connectivity index (χ0v) is 15.8. The topological polar surface area (TPSA) is 66.1 Å². The normalized spacial score (nSPS) is 18.2. The number of carbonyl (C=O) groups excluding carboxylic acids is 1. The fourth-order valence-electron chi connectivity index (χ4n) is 3.60. The van der Waals surface area contributed by atoms with Gasteiger partial charge in [-0.15, -0.1) is 0 Å². The molecule has 1 amide bonds. The quantitative estimate of drug-likeness (QED) is 0.684. The molecule has 0 radical (unpaired) electrons. The predicted octanol–water partition coefficient (Wildman–Crippen LogP) is 1.55. The number of nitrogens with zero attached hydrogens (tertiary/aromatic N) is 2. The van der Waals surface area contributed by atoms with Crippen LogP contribution in [0.15, 0.2) is 18.2 Å². The molecule has 1 saturated heterocycles. The van der Waals surface area contributed by atoms with Crippen molar-refractivity contribution in [3.63, 3.8) is 0 Å². The summed E-state index contributed by atoms with van der Waals surface area (Å²) in [5, 5.41) is 10.5. The van der Waals surface area contributed by atoms with E-state index in [1.165, 1.54) is 12.8 Å². The molecule has 7 heteroatoms. The van der Waals surface area contributed by atoms with Crippen LogP contribution in [-0.4, -0.2) is 57.4 Å². The molecule has 0 aromatic heterocycles. The van der Waals surface area contributed by atoms with Crippen molar-refractivity contribution < 1.29 is 14.4 Å². The first-order chi connectivity index (χ1) is 12.7. The standard InChI is InChI=1S/C19H30N4O3/c1-3-26-23-18-5-4-16(19(24)21-10-11-25-2)12-17(18)14-22(23)13-15-6-8-20-9-7-15/h4-5,12,15,20H,3,6-11,13-14H2,1-2H3,(H,21,24). The molecule has 0 spiro atoms. The molecule has 26 heavy (non-hydrogen) atoms. The maximum atomic E-state index is 12.3. The third kappa shape index (κ3) is 4.54. The van der Waals surface area contributed by atoms with Crippen molar-refractivity contribution in [2.24, 2.45) is 5.92 Å². The summed E-state index contributed by atoms with van der Waals surface area (Å²) in [6.45, 7) is 7.57. The minimum atomic E-state index is -0.0652. The number of hydrazine groups is 1. The van der Waals surface area contributed by atoms with E-state index in [0.29, 0.717) is 31.2 Å². The average Bonchev–Trinajstić information content (AvgIpc) is 2.99. The van der Waals surface area contributed by atoms with Gasteiger partial charge in [-0.1, -0.05) is 0 Å². The number of benzene rings is 1. The Bertz CT molecular complexity index is 604. The summed E-state index contributed by atoms with van der Waals surface area (Å²) in [5.41, 5.74) is 2.85. The van der Waals surface area contributed by atoms with E-state index in [4.69, 9.17) is 9.57 Å². The Labute approximate surface area is 155 Å². The van der Waals surface area contributed by atoms with Crippen molar-refractivity contribution in [1.82, 2.24) is 15.6 Å². The van der Waals surface area contributed by atoms with Crippen LogP contribution >= 0.6 is 0 Å². The number of piperidine rings is 1. The van der Waals surface area contributed by atoms with Gasteiger partial charge in [-0.25, -0.2) is 0 Å². The molecular formula is C19H30N4O3. The van der Waals surface area contributed by atoms with Crippen molar-refractivity contribution in [2.75, 3.05) is 51.7 Å². The van der Waals surface area contributed by atoms with Crippen LogP contribution in [0.2, 0.25) is 0 Å². The lowest BCUT2D eigenvalue weighted by molar-refractivity contribution is -0.00388. The number of nitrogens with one attached hydrogen (secondary N) is 2. The molecular weight excluding hydrogens is 332 g/mol. The first kappa shape index (κ1) is 19.1. The highest BCUT2D eigenvalue weighted by molar-refractivity contribution is 5.95.